The summed E-state index contributed by atoms with van der Waals surface area (Å²) in [4.78, 5) is 16.7. The lowest BCUT2D eigenvalue weighted by Crippen LogP contribution is -2.38. The molecule has 2 rings (SSSR count). The minimum atomic E-state index is -0.543. The van der Waals surface area contributed by atoms with Gasteiger partial charge in [0.05, 0.1) is 10.6 Å². The van der Waals surface area contributed by atoms with Gasteiger partial charge < -0.3 is 9.80 Å². The Labute approximate surface area is 130 Å². The number of carbonyl (C=O) groups excluding carboxylic acids is 1. The first-order valence-corrected chi connectivity index (χ1v) is 7.97. The van der Waals surface area contributed by atoms with Crippen molar-refractivity contribution < 1.29 is 9.18 Å². The number of likely N-dealkylation sites (tertiary alicyclic amines) is 1. The monoisotopic (exact) mass is 312 g/mol. The zero-order chi connectivity index (χ0) is 15.2. The normalized spacial score (nSPS) is 15.4. The number of amides is 1. The van der Waals surface area contributed by atoms with Crippen LogP contribution in [0, 0.1) is 5.82 Å². The van der Waals surface area contributed by atoms with Crippen molar-refractivity contribution in [3.05, 3.63) is 34.6 Å². The number of nitrogens with zero attached hydrogens (tertiary/aromatic N) is 2. The van der Waals surface area contributed by atoms with Crippen LogP contribution in [0.1, 0.15) is 36.5 Å². The van der Waals surface area contributed by atoms with Crippen molar-refractivity contribution in [2.24, 2.45) is 0 Å². The molecule has 3 nitrogen and oxygen atoms in total. The van der Waals surface area contributed by atoms with Gasteiger partial charge in [0.15, 0.2) is 0 Å². The van der Waals surface area contributed by atoms with Gasteiger partial charge in [0.1, 0.15) is 5.82 Å². The van der Waals surface area contributed by atoms with E-state index in [1.807, 2.05) is 6.92 Å². The predicted molar refractivity (Wildman–Crippen MR) is 83.3 cm³/mol. The van der Waals surface area contributed by atoms with Gasteiger partial charge in [-0.1, -0.05) is 24.6 Å². The van der Waals surface area contributed by atoms with Crippen LogP contribution >= 0.6 is 11.6 Å². The van der Waals surface area contributed by atoms with Crippen molar-refractivity contribution in [3.63, 3.8) is 0 Å². The molecular weight excluding hydrogens is 291 g/mol. The van der Waals surface area contributed by atoms with E-state index in [4.69, 9.17) is 11.6 Å². The summed E-state index contributed by atoms with van der Waals surface area (Å²) in [7, 11) is 0. The second-order valence-electron chi connectivity index (χ2n) is 5.44. The molecule has 0 saturated carbocycles. The van der Waals surface area contributed by atoms with Gasteiger partial charge in [-0.3, -0.25) is 4.79 Å². The van der Waals surface area contributed by atoms with E-state index in [0.29, 0.717) is 13.1 Å². The summed E-state index contributed by atoms with van der Waals surface area (Å²) in [6.45, 7) is 6.45. The fraction of sp³-hybridized carbons (Fsp3) is 0.562. The van der Waals surface area contributed by atoms with Crippen LogP contribution in [0.3, 0.4) is 0 Å². The minimum Gasteiger partial charge on any atom is -0.337 e. The highest BCUT2D eigenvalue weighted by molar-refractivity contribution is 6.34. The van der Waals surface area contributed by atoms with Gasteiger partial charge in [-0.2, -0.15) is 0 Å². The molecule has 0 N–H and O–H groups in total. The first kappa shape index (κ1) is 16.2. The summed E-state index contributed by atoms with van der Waals surface area (Å²) < 4.78 is 13.5. The molecule has 1 saturated heterocycles. The lowest BCUT2D eigenvalue weighted by Gasteiger charge is -2.25. The van der Waals surface area contributed by atoms with Crippen molar-refractivity contribution in [2.75, 3.05) is 32.7 Å². The third-order valence-corrected chi connectivity index (χ3v) is 4.23. The summed E-state index contributed by atoms with van der Waals surface area (Å²) in [6, 6.07) is 4.39. The molecule has 5 heteroatoms. The number of benzene rings is 1. The van der Waals surface area contributed by atoms with E-state index in [2.05, 4.69) is 4.90 Å². The molecule has 1 heterocycles. The third-order valence-electron chi connectivity index (χ3n) is 3.85. The molecule has 0 spiro atoms. The summed E-state index contributed by atoms with van der Waals surface area (Å²) >= 11 is 5.93. The number of rotatable bonds is 6. The Morgan fingerprint density at radius 2 is 2.05 bits per heavy atom. The number of hydrogen-bond acceptors (Lipinski definition) is 2. The van der Waals surface area contributed by atoms with Gasteiger partial charge in [-0.25, -0.2) is 4.39 Å². The summed E-state index contributed by atoms with van der Waals surface area (Å²) in [5.41, 5.74) is 0.256. The molecule has 0 radical (unpaired) electrons. The highest BCUT2D eigenvalue weighted by atomic mass is 35.5. The molecule has 1 fully saturated rings. The maximum Gasteiger partial charge on any atom is 0.255 e. The van der Waals surface area contributed by atoms with Crippen molar-refractivity contribution in [1.82, 2.24) is 9.80 Å². The van der Waals surface area contributed by atoms with Crippen LogP contribution in [-0.2, 0) is 0 Å². The van der Waals surface area contributed by atoms with Gasteiger partial charge >= 0.3 is 0 Å². The largest absolute Gasteiger partial charge is 0.337 e. The van der Waals surface area contributed by atoms with Crippen LogP contribution < -0.4 is 0 Å². The SMILES string of the molecule is CCCN(CCN1CCCC1)C(=O)c1cccc(F)c1Cl. The molecule has 1 aliphatic heterocycles. The topological polar surface area (TPSA) is 23.6 Å². The van der Waals surface area contributed by atoms with E-state index in [-0.39, 0.29) is 16.5 Å². The van der Waals surface area contributed by atoms with Crippen LogP contribution in [-0.4, -0.2) is 48.4 Å². The van der Waals surface area contributed by atoms with Gasteiger partial charge in [0.25, 0.3) is 5.91 Å². The lowest BCUT2D eigenvalue weighted by atomic mass is 10.2. The molecule has 0 bridgehead atoms. The van der Waals surface area contributed by atoms with Crippen LogP contribution in [0.4, 0.5) is 4.39 Å². The molecule has 21 heavy (non-hydrogen) atoms. The molecule has 1 aliphatic rings. The third kappa shape index (κ3) is 4.17. The Morgan fingerprint density at radius 3 is 2.71 bits per heavy atom. The van der Waals surface area contributed by atoms with Crippen LogP contribution in [0.5, 0.6) is 0 Å². The molecule has 1 aromatic rings. The maximum atomic E-state index is 13.5. The van der Waals surface area contributed by atoms with E-state index < -0.39 is 5.82 Å². The van der Waals surface area contributed by atoms with E-state index in [1.165, 1.54) is 25.0 Å². The predicted octanol–water partition coefficient (Wildman–Crippen LogP) is 3.43. The zero-order valence-corrected chi connectivity index (χ0v) is 13.2. The van der Waals surface area contributed by atoms with E-state index in [0.717, 1.165) is 26.1 Å². The Balaban J connectivity index is 2.05. The van der Waals surface area contributed by atoms with Gasteiger partial charge in [-0.05, 0) is 44.5 Å². The Hall–Kier alpha value is -1.13. The molecule has 0 atom stereocenters. The molecule has 0 aromatic heterocycles. The van der Waals surface area contributed by atoms with Crippen molar-refractivity contribution >= 4 is 17.5 Å². The second-order valence-corrected chi connectivity index (χ2v) is 5.82. The lowest BCUT2D eigenvalue weighted by molar-refractivity contribution is 0.0740. The van der Waals surface area contributed by atoms with Crippen LogP contribution in [0.2, 0.25) is 5.02 Å². The number of halogens is 2. The molecule has 0 unspecified atom stereocenters. The molecule has 116 valence electrons. The molecule has 1 amide bonds. The number of carbonyl (C=O) groups is 1. The molecule has 0 aliphatic carbocycles. The first-order valence-electron chi connectivity index (χ1n) is 7.59. The van der Waals surface area contributed by atoms with Gasteiger partial charge in [-0.15, -0.1) is 0 Å². The van der Waals surface area contributed by atoms with E-state index in [9.17, 15) is 9.18 Å². The van der Waals surface area contributed by atoms with E-state index in [1.54, 1.807) is 11.0 Å². The highest BCUT2D eigenvalue weighted by Crippen LogP contribution is 2.21. The van der Waals surface area contributed by atoms with Crippen molar-refractivity contribution in [3.8, 4) is 0 Å². The minimum absolute atomic E-state index is 0.0789. The summed E-state index contributed by atoms with van der Waals surface area (Å²) in [5, 5.41) is -0.0789. The summed E-state index contributed by atoms with van der Waals surface area (Å²) in [6.07, 6.45) is 3.34. The van der Waals surface area contributed by atoms with Crippen LogP contribution in [0.15, 0.2) is 18.2 Å². The number of hydrogen-bond donors (Lipinski definition) is 0. The Bertz CT molecular complexity index is 489. The van der Waals surface area contributed by atoms with Crippen LogP contribution in [0.25, 0.3) is 0 Å². The standard InChI is InChI=1S/C16H22ClFN2O/c1-2-8-20(12-11-19-9-3-4-10-19)16(21)13-6-5-7-14(18)15(13)17/h5-7H,2-4,8-12H2,1H3. The van der Waals surface area contributed by atoms with E-state index >= 15 is 0 Å². The fourth-order valence-electron chi connectivity index (χ4n) is 2.69. The van der Waals surface area contributed by atoms with Crippen molar-refractivity contribution in [1.29, 1.82) is 0 Å². The molecular formula is C16H22ClFN2O. The smallest absolute Gasteiger partial charge is 0.255 e. The molecule has 1 aromatic carbocycles. The first-order chi connectivity index (χ1) is 10.1. The Kier molecular flexibility index (Phi) is 6.00. The van der Waals surface area contributed by atoms with Gasteiger partial charge in [0, 0.05) is 19.6 Å². The zero-order valence-electron chi connectivity index (χ0n) is 12.4. The Morgan fingerprint density at radius 1 is 1.33 bits per heavy atom. The van der Waals surface area contributed by atoms with Crippen molar-refractivity contribution in [2.45, 2.75) is 26.2 Å². The quantitative estimate of drug-likeness (QED) is 0.803. The van der Waals surface area contributed by atoms with Gasteiger partial charge in [0.2, 0.25) is 0 Å². The average molecular weight is 313 g/mol. The maximum absolute atomic E-state index is 13.5. The fourth-order valence-corrected chi connectivity index (χ4v) is 2.90. The second kappa shape index (κ2) is 7.76. The average Bonchev–Trinajstić information content (AvgIpc) is 2.99. The highest BCUT2D eigenvalue weighted by Gasteiger charge is 2.21. The summed E-state index contributed by atoms with van der Waals surface area (Å²) in [5.74, 6) is -0.723.